The van der Waals surface area contributed by atoms with Gasteiger partial charge in [0.2, 0.25) is 0 Å². The second-order valence-corrected chi connectivity index (χ2v) is 6.05. The van der Waals surface area contributed by atoms with Gasteiger partial charge in [-0.25, -0.2) is 4.98 Å². The molecule has 1 aromatic carbocycles. The van der Waals surface area contributed by atoms with E-state index in [1.54, 1.807) is 12.3 Å². The smallest absolute Gasteiger partial charge is 0.251 e. The summed E-state index contributed by atoms with van der Waals surface area (Å²) in [4.78, 5) is 20.9. The van der Waals surface area contributed by atoms with Crippen LogP contribution in [0.4, 0.5) is 11.5 Å². The number of amides is 1. The lowest BCUT2D eigenvalue weighted by Crippen LogP contribution is -2.31. The van der Waals surface area contributed by atoms with E-state index in [4.69, 9.17) is 0 Å². The Morgan fingerprint density at radius 1 is 1.21 bits per heavy atom. The maximum atomic E-state index is 12.3. The van der Waals surface area contributed by atoms with Crippen LogP contribution in [0, 0.1) is 6.92 Å². The number of nitrogens with zero attached hydrogens (tertiary/aromatic N) is 3. The Balaban J connectivity index is 2.17. The van der Waals surface area contributed by atoms with Crippen molar-refractivity contribution in [2.75, 3.05) is 38.6 Å². The molecule has 5 heteroatoms. The molecule has 0 aliphatic rings. The molecule has 0 fully saturated rings. The van der Waals surface area contributed by atoms with Crippen LogP contribution >= 0.6 is 0 Å². The lowest BCUT2D eigenvalue weighted by atomic mass is 10.2. The zero-order chi connectivity index (χ0) is 17.5. The van der Waals surface area contributed by atoms with E-state index in [1.165, 1.54) is 5.56 Å². The summed E-state index contributed by atoms with van der Waals surface area (Å²) in [5.74, 6) is 0.712. The van der Waals surface area contributed by atoms with Crippen molar-refractivity contribution in [3.63, 3.8) is 0 Å². The molecule has 0 aliphatic carbocycles. The lowest BCUT2D eigenvalue weighted by Gasteiger charge is -2.23. The molecule has 1 heterocycles. The van der Waals surface area contributed by atoms with Crippen LogP contribution in [0.25, 0.3) is 0 Å². The van der Waals surface area contributed by atoms with E-state index >= 15 is 0 Å². The molecule has 0 bridgehead atoms. The fourth-order valence-corrected chi connectivity index (χ4v) is 2.48. The van der Waals surface area contributed by atoms with Crippen LogP contribution in [0.5, 0.6) is 0 Å². The normalized spacial score (nSPS) is 10.7. The standard InChI is InChI=1S/C19H26N4O/c1-5-23(17-8-6-7-15(2)13-17)18-14-16(9-10-20-18)19(24)21-11-12-22(3)4/h6-10,13-14H,5,11-12H2,1-4H3,(H,21,24). The highest BCUT2D eigenvalue weighted by Gasteiger charge is 2.12. The van der Waals surface area contributed by atoms with Gasteiger partial charge in [-0.15, -0.1) is 0 Å². The van der Waals surface area contributed by atoms with Crippen LogP contribution in [0.15, 0.2) is 42.6 Å². The molecular weight excluding hydrogens is 300 g/mol. The number of hydrogen-bond donors (Lipinski definition) is 1. The Kier molecular flexibility index (Phi) is 6.32. The van der Waals surface area contributed by atoms with Gasteiger partial charge in [-0.3, -0.25) is 4.79 Å². The number of anilines is 2. The third kappa shape index (κ3) is 4.80. The van der Waals surface area contributed by atoms with Crippen LogP contribution < -0.4 is 10.2 Å². The summed E-state index contributed by atoms with van der Waals surface area (Å²) in [5, 5.41) is 2.94. The number of aromatic nitrogens is 1. The van der Waals surface area contributed by atoms with Crippen molar-refractivity contribution in [3.05, 3.63) is 53.7 Å². The molecule has 0 unspecified atom stereocenters. The van der Waals surface area contributed by atoms with Gasteiger partial charge in [0.05, 0.1) is 0 Å². The van der Waals surface area contributed by atoms with Crippen LogP contribution in [-0.4, -0.2) is 49.5 Å². The summed E-state index contributed by atoms with van der Waals surface area (Å²) < 4.78 is 0. The summed E-state index contributed by atoms with van der Waals surface area (Å²) in [6, 6.07) is 11.9. The van der Waals surface area contributed by atoms with E-state index in [-0.39, 0.29) is 5.91 Å². The number of nitrogens with one attached hydrogen (secondary N) is 1. The second kappa shape index (κ2) is 8.45. The molecule has 0 radical (unpaired) electrons. The average molecular weight is 326 g/mol. The van der Waals surface area contributed by atoms with Gasteiger partial charge in [0.25, 0.3) is 5.91 Å². The molecule has 0 atom stereocenters. The number of benzene rings is 1. The minimum Gasteiger partial charge on any atom is -0.351 e. The Labute approximate surface area is 144 Å². The van der Waals surface area contributed by atoms with Crippen molar-refractivity contribution in [3.8, 4) is 0 Å². The van der Waals surface area contributed by atoms with Gasteiger partial charge in [0, 0.05) is 37.1 Å². The van der Waals surface area contributed by atoms with Gasteiger partial charge in [-0.05, 0) is 57.8 Å². The highest BCUT2D eigenvalue weighted by Crippen LogP contribution is 2.24. The van der Waals surface area contributed by atoms with Crippen molar-refractivity contribution < 1.29 is 4.79 Å². The lowest BCUT2D eigenvalue weighted by molar-refractivity contribution is 0.0951. The molecule has 0 spiro atoms. The van der Waals surface area contributed by atoms with E-state index in [0.717, 1.165) is 24.6 Å². The van der Waals surface area contributed by atoms with Crippen LogP contribution in [0.2, 0.25) is 0 Å². The largest absolute Gasteiger partial charge is 0.351 e. The molecule has 0 aliphatic heterocycles. The Hall–Kier alpha value is -2.40. The fraction of sp³-hybridized carbons (Fsp3) is 0.368. The van der Waals surface area contributed by atoms with E-state index in [1.807, 2.05) is 31.1 Å². The highest BCUT2D eigenvalue weighted by molar-refractivity contribution is 5.95. The molecule has 2 aromatic rings. The fourth-order valence-electron chi connectivity index (χ4n) is 2.48. The van der Waals surface area contributed by atoms with Crippen LogP contribution in [-0.2, 0) is 0 Å². The summed E-state index contributed by atoms with van der Waals surface area (Å²) in [6.45, 7) is 6.36. The molecule has 0 saturated heterocycles. The molecule has 128 valence electrons. The Morgan fingerprint density at radius 3 is 2.67 bits per heavy atom. The summed E-state index contributed by atoms with van der Waals surface area (Å²) in [7, 11) is 3.97. The molecule has 5 nitrogen and oxygen atoms in total. The quantitative estimate of drug-likeness (QED) is 0.850. The summed E-state index contributed by atoms with van der Waals surface area (Å²) in [6.07, 6.45) is 1.69. The van der Waals surface area contributed by atoms with Gasteiger partial charge in [0.1, 0.15) is 5.82 Å². The minimum absolute atomic E-state index is 0.0687. The molecule has 0 saturated carbocycles. The van der Waals surface area contributed by atoms with E-state index < -0.39 is 0 Å². The van der Waals surface area contributed by atoms with E-state index in [2.05, 4.69) is 47.2 Å². The zero-order valence-corrected chi connectivity index (χ0v) is 14.9. The molecule has 1 aromatic heterocycles. The maximum Gasteiger partial charge on any atom is 0.251 e. The first-order chi connectivity index (χ1) is 11.5. The minimum atomic E-state index is -0.0687. The van der Waals surface area contributed by atoms with Crippen molar-refractivity contribution in [2.45, 2.75) is 13.8 Å². The van der Waals surface area contributed by atoms with Gasteiger partial charge >= 0.3 is 0 Å². The third-order valence-electron chi connectivity index (χ3n) is 3.76. The highest BCUT2D eigenvalue weighted by atomic mass is 16.1. The first kappa shape index (κ1) is 17.9. The van der Waals surface area contributed by atoms with Gasteiger partial charge in [-0.2, -0.15) is 0 Å². The molecule has 1 N–H and O–H groups in total. The van der Waals surface area contributed by atoms with Crippen molar-refractivity contribution >= 4 is 17.4 Å². The SMILES string of the molecule is CCN(c1cccc(C)c1)c1cc(C(=O)NCCN(C)C)ccn1. The number of carbonyl (C=O) groups excluding carboxylic acids is 1. The summed E-state index contributed by atoms with van der Waals surface area (Å²) >= 11 is 0. The first-order valence-corrected chi connectivity index (χ1v) is 8.24. The van der Waals surface area contributed by atoms with Gasteiger partial charge < -0.3 is 15.1 Å². The predicted octanol–water partition coefficient (Wildman–Crippen LogP) is 2.84. The number of hydrogen-bond acceptors (Lipinski definition) is 4. The Bertz CT molecular complexity index is 685. The molecular formula is C19H26N4O. The van der Waals surface area contributed by atoms with Crippen molar-refractivity contribution in [1.82, 2.24) is 15.2 Å². The van der Waals surface area contributed by atoms with E-state index in [9.17, 15) is 4.79 Å². The second-order valence-electron chi connectivity index (χ2n) is 6.05. The molecule has 1 amide bonds. The number of aryl methyl sites for hydroxylation is 1. The van der Waals surface area contributed by atoms with E-state index in [0.29, 0.717) is 12.1 Å². The topological polar surface area (TPSA) is 48.5 Å². The maximum absolute atomic E-state index is 12.3. The van der Waals surface area contributed by atoms with Gasteiger partial charge in [0.15, 0.2) is 0 Å². The first-order valence-electron chi connectivity index (χ1n) is 8.24. The number of likely N-dealkylation sites (N-methyl/N-ethyl adjacent to an activating group) is 1. The van der Waals surface area contributed by atoms with Crippen molar-refractivity contribution in [1.29, 1.82) is 0 Å². The number of rotatable bonds is 7. The number of pyridine rings is 1. The zero-order valence-electron chi connectivity index (χ0n) is 14.9. The predicted molar refractivity (Wildman–Crippen MR) is 99.0 cm³/mol. The monoisotopic (exact) mass is 326 g/mol. The number of carbonyl (C=O) groups is 1. The average Bonchev–Trinajstić information content (AvgIpc) is 2.55. The molecule has 2 rings (SSSR count). The van der Waals surface area contributed by atoms with Crippen molar-refractivity contribution in [2.24, 2.45) is 0 Å². The van der Waals surface area contributed by atoms with Crippen LogP contribution in [0.1, 0.15) is 22.8 Å². The summed E-state index contributed by atoms with van der Waals surface area (Å²) in [5.41, 5.74) is 2.91. The van der Waals surface area contributed by atoms with Gasteiger partial charge in [-0.1, -0.05) is 12.1 Å². The Morgan fingerprint density at radius 2 is 2.00 bits per heavy atom. The molecule has 24 heavy (non-hydrogen) atoms. The van der Waals surface area contributed by atoms with Crippen LogP contribution in [0.3, 0.4) is 0 Å². The third-order valence-corrected chi connectivity index (χ3v) is 3.76.